The number of para-hydroxylation sites is 1. The zero-order valence-electron chi connectivity index (χ0n) is 13.4. The number of nitrogens with one attached hydrogen (secondary N) is 1. The number of allylic oxidation sites excluding steroid dienone is 1. The number of thiophene rings is 1. The van der Waals surface area contributed by atoms with Crippen molar-refractivity contribution in [3.05, 3.63) is 64.0 Å². The van der Waals surface area contributed by atoms with Crippen LogP contribution in [0.25, 0.3) is 0 Å². The van der Waals surface area contributed by atoms with Gasteiger partial charge in [0, 0.05) is 10.6 Å². The van der Waals surface area contributed by atoms with Crippen LogP contribution in [0.4, 0.5) is 5.69 Å². The molecule has 1 aromatic heterocycles. The molecule has 3 heterocycles. The summed E-state index contributed by atoms with van der Waals surface area (Å²) >= 11 is 2.96. The van der Waals surface area contributed by atoms with E-state index in [-0.39, 0.29) is 11.8 Å². The predicted octanol–water partition coefficient (Wildman–Crippen LogP) is 3.65. The summed E-state index contributed by atoms with van der Waals surface area (Å²) in [6.07, 6.45) is 0. The van der Waals surface area contributed by atoms with Gasteiger partial charge in [-0.05, 0) is 30.5 Å². The number of amidine groups is 1. The minimum atomic E-state index is -0.418. The number of fused-ring (bicyclic) bond motifs is 1. The summed E-state index contributed by atoms with van der Waals surface area (Å²) in [5, 5.41) is 5.56. The van der Waals surface area contributed by atoms with Gasteiger partial charge < -0.3 is 5.32 Å². The fourth-order valence-electron chi connectivity index (χ4n) is 2.97. The van der Waals surface area contributed by atoms with Crippen LogP contribution in [0.2, 0.25) is 0 Å². The number of benzene rings is 1. The Balaban J connectivity index is 1.76. The summed E-state index contributed by atoms with van der Waals surface area (Å²) in [7, 11) is 0. The summed E-state index contributed by atoms with van der Waals surface area (Å²) in [6, 6.07) is 12.8. The van der Waals surface area contributed by atoms with Gasteiger partial charge in [-0.2, -0.15) is 0 Å². The van der Waals surface area contributed by atoms with Gasteiger partial charge in [-0.15, -0.1) is 11.3 Å². The third kappa shape index (κ3) is 2.89. The van der Waals surface area contributed by atoms with Crippen molar-refractivity contribution in [2.45, 2.75) is 13.0 Å². The Morgan fingerprint density at radius 3 is 2.76 bits per heavy atom. The zero-order chi connectivity index (χ0) is 17.4. The number of carbonyl (C=O) groups excluding carboxylic acids is 2. The molecule has 2 aliphatic rings. The van der Waals surface area contributed by atoms with E-state index in [1.54, 1.807) is 4.90 Å². The second kappa shape index (κ2) is 6.50. The van der Waals surface area contributed by atoms with Crippen LogP contribution < -0.4 is 5.32 Å². The van der Waals surface area contributed by atoms with Gasteiger partial charge in [0.25, 0.3) is 5.91 Å². The number of anilines is 1. The first-order chi connectivity index (χ1) is 12.1. The molecule has 0 unspecified atom stereocenters. The second-order valence-corrected chi connectivity index (χ2v) is 7.61. The SMILES string of the molecule is CC1=C(C(=O)Nc2ccccc2)[C@H](c2cccs2)N2C(=O)CSC2=N1. The lowest BCUT2D eigenvalue weighted by molar-refractivity contribution is -0.125. The van der Waals surface area contributed by atoms with Crippen molar-refractivity contribution >= 4 is 45.8 Å². The van der Waals surface area contributed by atoms with E-state index in [2.05, 4.69) is 10.3 Å². The predicted molar refractivity (Wildman–Crippen MR) is 102 cm³/mol. The van der Waals surface area contributed by atoms with E-state index in [0.717, 1.165) is 10.6 Å². The number of rotatable bonds is 3. The van der Waals surface area contributed by atoms with Crippen LogP contribution in [-0.4, -0.2) is 27.6 Å². The molecule has 7 heteroatoms. The highest BCUT2D eigenvalue weighted by molar-refractivity contribution is 8.15. The second-order valence-electron chi connectivity index (χ2n) is 5.68. The maximum Gasteiger partial charge on any atom is 0.255 e. The maximum atomic E-state index is 13.0. The van der Waals surface area contributed by atoms with Gasteiger partial charge in [0.05, 0.1) is 17.0 Å². The number of carbonyl (C=O) groups is 2. The molecule has 2 aliphatic heterocycles. The highest BCUT2D eigenvalue weighted by Gasteiger charge is 2.43. The Bertz CT molecular complexity index is 888. The van der Waals surface area contributed by atoms with E-state index >= 15 is 0 Å². The molecule has 4 rings (SSSR count). The first-order valence-electron chi connectivity index (χ1n) is 7.79. The first-order valence-corrected chi connectivity index (χ1v) is 9.66. The molecule has 1 saturated heterocycles. The van der Waals surface area contributed by atoms with Gasteiger partial charge in [-0.25, -0.2) is 4.99 Å². The number of thioether (sulfide) groups is 1. The molecular weight excluding hydrogens is 354 g/mol. The summed E-state index contributed by atoms with van der Waals surface area (Å²) in [5.74, 6) is 0.121. The number of aliphatic imine (C=N–C) groups is 1. The number of hydrogen-bond acceptors (Lipinski definition) is 5. The van der Waals surface area contributed by atoms with Crippen LogP contribution in [0.1, 0.15) is 17.8 Å². The van der Waals surface area contributed by atoms with Crippen LogP contribution in [-0.2, 0) is 9.59 Å². The van der Waals surface area contributed by atoms with E-state index in [1.165, 1.54) is 23.1 Å². The molecule has 1 aromatic carbocycles. The molecular formula is C18H15N3O2S2. The Morgan fingerprint density at radius 1 is 1.24 bits per heavy atom. The zero-order valence-corrected chi connectivity index (χ0v) is 15.1. The summed E-state index contributed by atoms with van der Waals surface area (Å²) < 4.78 is 0. The molecule has 2 amide bonds. The van der Waals surface area contributed by atoms with E-state index in [0.29, 0.717) is 22.2 Å². The number of hydrogen-bond donors (Lipinski definition) is 1. The van der Waals surface area contributed by atoms with E-state index in [4.69, 9.17) is 0 Å². The topological polar surface area (TPSA) is 61.8 Å². The van der Waals surface area contributed by atoms with Crippen molar-refractivity contribution in [2.24, 2.45) is 4.99 Å². The Hall–Kier alpha value is -2.38. The van der Waals surface area contributed by atoms with Crippen LogP contribution in [0.15, 0.2) is 64.1 Å². The van der Waals surface area contributed by atoms with E-state index in [9.17, 15) is 9.59 Å². The molecule has 0 spiro atoms. The highest BCUT2D eigenvalue weighted by Crippen LogP contribution is 2.42. The Morgan fingerprint density at radius 2 is 2.04 bits per heavy atom. The smallest absolute Gasteiger partial charge is 0.255 e. The normalized spacial score (nSPS) is 19.7. The molecule has 1 fully saturated rings. The van der Waals surface area contributed by atoms with Crippen molar-refractivity contribution in [1.82, 2.24) is 4.90 Å². The van der Waals surface area contributed by atoms with Gasteiger partial charge in [-0.3, -0.25) is 14.5 Å². The van der Waals surface area contributed by atoms with Crippen LogP contribution >= 0.6 is 23.1 Å². The minimum Gasteiger partial charge on any atom is -0.322 e. The van der Waals surface area contributed by atoms with Gasteiger partial charge >= 0.3 is 0 Å². The summed E-state index contributed by atoms with van der Waals surface area (Å²) in [6.45, 7) is 1.83. The quantitative estimate of drug-likeness (QED) is 0.898. The molecule has 126 valence electrons. The van der Waals surface area contributed by atoms with E-state index in [1.807, 2.05) is 54.8 Å². The third-order valence-electron chi connectivity index (χ3n) is 4.07. The van der Waals surface area contributed by atoms with Gasteiger partial charge in [0.1, 0.15) is 6.04 Å². The fraction of sp³-hybridized carbons (Fsp3) is 0.167. The van der Waals surface area contributed by atoms with Crippen LogP contribution in [0.3, 0.4) is 0 Å². The third-order valence-corrected chi connectivity index (χ3v) is 5.94. The average Bonchev–Trinajstić information content (AvgIpc) is 3.25. The summed E-state index contributed by atoms with van der Waals surface area (Å²) in [5.41, 5.74) is 1.89. The largest absolute Gasteiger partial charge is 0.322 e. The molecule has 0 saturated carbocycles. The first kappa shape index (κ1) is 16.1. The maximum absolute atomic E-state index is 13.0. The van der Waals surface area contributed by atoms with Gasteiger partial charge in [0.15, 0.2) is 5.17 Å². The Labute approximate surface area is 153 Å². The standard InChI is InChI=1S/C18H15N3O2S2/c1-11-15(17(23)20-12-6-3-2-4-7-12)16(13-8-5-9-24-13)21-14(22)10-25-18(21)19-11/h2-9,16H,10H2,1H3,(H,20,23)/t16-/m0/s1. The van der Waals surface area contributed by atoms with Crippen molar-refractivity contribution < 1.29 is 9.59 Å². The molecule has 5 nitrogen and oxygen atoms in total. The molecule has 1 atom stereocenters. The number of nitrogens with zero attached hydrogens (tertiary/aromatic N) is 2. The minimum absolute atomic E-state index is 0.0142. The fourth-order valence-corrected chi connectivity index (χ4v) is 4.73. The van der Waals surface area contributed by atoms with Crippen LogP contribution in [0.5, 0.6) is 0 Å². The molecule has 0 bridgehead atoms. The van der Waals surface area contributed by atoms with Gasteiger partial charge in [-0.1, -0.05) is 36.0 Å². The van der Waals surface area contributed by atoms with Crippen molar-refractivity contribution in [1.29, 1.82) is 0 Å². The monoisotopic (exact) mass is 369 g/mol. The van der Waals surface area contributed by atoms with Crippen molar-refractivity contribution in [3.63, 3.8) is 0 Å². The molecule has 1 N–H and O–H groups in total. The Kier molecular flexibility index (Phi) is 4.19. The molecule has 0 aliphatic carbocycles. The summed E-state index contributed by atoms with van der Waals surface area (Å²) in [4.78, 5) is 32.5. The highest BCUT2D eigenvalue weighted by atomic mass is 32.2. The lowest BCUT2D eigenvalue weighted by atomic mass is 9.99. The van der Waals surface area contributed by atoms with Crippen LogP contribution in [0, 0.1) is 0 Å². The average molecular weight is 369 g/mol. The van der Waals surface area contributed by atoms with Crippen molar-refractivity contribution in [3.8, 4) is 0 Å². The molecule has 2 aromatic rings. The lowest BCUT2D eigenvalue weighted by Crippen LogP contribution is -2.40. The molecule has 25 heavy (non-hydrogen) atoms. The van der Waals surface area contributed by atoms with Crippen molar-refractivity contribution in [2.75, 3.05) is 11.1 Å². The number of amides is 2. The molecule has 0 radical (unpaired) electrons. The van der Waals surface area contributed by atoms with Gasteiger partial charge in [0.2, 0.25) is 5.91 Å². The van der Waals surface area contributed by atoms with E-state index < -0.39 is 6.04 Å². The lowest BCUT2D eigenvalue weighted by Gasteiger charge is -2.32.